The molecule has 0 spiro atoms. The van der Waals surface area contributed by atoms with Crippen LogP contribution in [0.25, 0.3) is 0 Å². The van der Waals surface area contributed by atoms with E-state index < -0.39 is 0 Å². The molecule has 0 aromatic heterocycles. The minimum atomic E-state index is 0.525. The van der Waals surface area contributed by atoms with E-state index in [1.807, 2.05) is 7.11 Å². The maximum atomic E-state index is 5.40. The van der Waals surface area contributed by atoms with E-state index in [0.29, 0.717) is 6.10 Å². The smallest absolute Gasteiger partial charge is 0.0821 e. The van der Waals surface area contributed by atoms with Crippen LogP contribution in [0.4, 0.5) is 0 Å². The molecular weight excluding hydrogens is 146 g/mol. The Bertz CT molecular complexity index is 88.6. The summed E-state index contributed by atoms with van der Waals surface area (Å²) in [7, 11) is 5.39. The van der Waals surface area contributed by atoms with Gasteiger partial charge in [-0.3, -0.25) is 0 Å². The molecule has 1 atom stereocenters. The van der Waals surface area contributed by atoms with Gasteiger partial charge in [-0.05, 0) is 12.8 Å². The summed E-state index contributed by atoms with van der Waals surface area (Å²) in [5.41, 5.74) is 0. The normalized spacial score (nSPS) is 12.8. The molecule has 1 nitrogen and oxygen atoms in total. The molecule has 0 amide bonds. The van der Waals surface area contributed by atoms with Gasteiger partial charge in [0.15, 0.2) is 0 Å². The number of unbranched alkanes of at least 4 members (excludes halogenated alkanes) is 1. The van der Waals surface area contributed by atoms with Gasteiger partial charge in [-0.15, -0.1) is 0 Å². The van der Waals surface area contributed by atoms with E-state index in [2.05, 4.69) is 14.7 Å². The van der Waals surface area contributed by atoms with Crippen molar-refractivity contribution in [1.82, 2.24) is 0 Å². The van der Waals surface area contributed by atoms with Crippen molar-refractivity contribution < 1.29 is 4.74 Å². The molecule has 0 saturated heterocycles. The zero-order valence-corrected chi connectivity index (χ0v) is 8.94. The first kappa shape index (κ1) is 12.1. The quantitative estimate of drug-likeness (QED) is 0.392. The van der Waals surface area contributed by atoms with Gasteiger partial charge in [-0.25, -0.2) is 0 Å². The minimum absolute atomic E-state index is 0.525. The molecule has 1 unspecified atom stereocenters. The zero-order valence-electron chi connectivity index (χ0n) is 8.94. The summed E-state index contributed by atoms with van der Waals surface area (Å²) >= 11 is 0. The van der Waals surface area contributed by atoms with E-state index in [9.17, 15) is 0 Å². The van der Waals surface area contributed by atoms with Crippen molar-refractivity contribution in [1.29, 1.82) is 0 Å². The van der Waals surface area contributed by atoms with Gasteiger partial charge in [0.25, 0.3) is 0 Å². The van der Waals surface area contributed by atoms with E-state index in [-0.39, 0.29) is 0 Å². The first-order chi connectivity index (χ1) is 5.85. The molecule has 0 N–H and O–H groups in total. The molecule has 0 bridgehead atoms. The first-order valence-electron chi connectivity index (χ1n) is 5.37. The number of ether oxygens (including phenoxy) is 1. The fourth-order valence-corrected chi connectivity index (χ4v) is 1.43. The Morgan fingerprint density at radius 2 is 2.00 bits per heavy atom. The predicted molar refractivity (Wildman–Crippen MR) is 60.1 cm³/mol. The molecule has 3 heteroatoms. The summed E-state index contributed by atoms with van der Waals surface area (Å²) in [4.78, 5) is 0. The van der Waals surface area contributed by atoms with Crippen LogP contribution in [0.1, 0.15) is 39.0 Å². The van der Waals surface area contributed by atoms with E-state index in [0.717, 1.165) is 0 Å². The van der Waals surface area contributed by atoms with Crippen LogP contribution in [0.15, 0.2) is 0 Å². The highest BCUT2D eigenvalue weighted by atomic mass is 16.5. The molecule has 0 aromatic carbocycles. The lowest BCUT2D eigenvalue weighted by molar-refractivity contribution is 0.0854. The number of rotatable bonds is 8. The van der Waals surface area contributed by atoms with Gasteiger partial charge in [-0.1, -0.05) is 32.5 Å². The zero-order chi connectivity index (χ0) is 9.23. The van der Waals surface area contributed by atoms with Crippen LogP contribution < -0.4 is 0 Å². The molecule has 70 valence electrons. The van der Waals surface area contributed by atoms with Gasteiger partial charge < -0.3 is 4.74 Å². The van der Waals surface area contributed by atoms with Crippen LogP contribution >= 0.6 is 0 Å². The summed E-state index contributed by atoms with van der Waals surface area (Å²) < 4.78 is 5.40. The predicted octanol–water partition coefficient (Wildman–Crippen LogP) is 1.37. The first-order valence-corrected chi connectivity index (χ1v) is 5.37. The average molecular weight is 168 g/mol. The van der Waals surface area contributed by atoms with Gasteiger partial charge in [0.1, 0.15) is 0 Å². The maximum Gasteiger partial charge on any atom is 0.0821 e. The van der Waals surface area contributed by atoms with Crippen molar-refractivity contribution in [2.24, 2.45) is 0 Å². The summed E-state index contributed by atoms with van der Waals surface area (Å²) in [6.45, 7) is 2.23. The standard InChI is InChI=1S/C9H22B2O/c1-3-4-6-9(12-2)7-5-8-11-10/h9,11H,3-8,10H2,1-2H3. The molecule has 0 aliphatic heterocycles. The molecule has 0 fully saturated rings. The van der Waals surface area contributed by atoms with Crippen LogP contribution in [-0.4, -0.2) is 28.1 Å². The molecule has 12 heavy (non-hydrogen) atoms. The topological polar surface area (TPSA) is 9.23 Å². The second-order valence-electron chi connectivity index (χ2n) is 3.50. The molecule has 0 aliphatic rings. The second-order valence-corrected chi connectivity index (χ2v) is 3.50. The Kier molecular flexibility index (Phi) is 9.25. The molecule has 0 rings (SSSR count). The highest BCUT2D eigenvalue weighted by molar-refractivity contribution is 6.89. The minimum Gasteiger partial charge on any atom is -0.381 e. The summed E-state index contributed by atoms with van der Waals surface area (Å²) in [5, 5.41) is 0. The van der Waals surface area contributed by atoms with Crippen LogP contribution in [0.2, 0.25) is 6.32 Å². The average Bonchev–Trinajstić information content (AvgIpc) is 2.11. The lowest BCUT2D eigenvalue weighted by atomic mass is 9.53. The lowest BCUT2D eigenvalue weighted by Gasteiger charge is -2.13. The molecule has 0 radical (unpaired) electrons. The summed E-state index contributed by atoms with van der Waals surface area (Å²) in [6, 6.07) is 0. The third-order valence-electron chi connectivity index (χ3n) is 2.34. The second kappa shape index (κ2) is 9.18. The molecule has 0 aromatic rings. The molecule has 0 heterocycles. The monoisotopic (exact) mass is 168 g/mol. The van der Waals surface area contributed by atoms with Crippen molar-refractivity contribution in [3.8, 4) is 0 Å². The van der Waals surface area contributed by atoms with Gasteiger partial charge >= 0.3 is 0 Å². The fourth-order valence-electron chi connectivity index (χ4n) is 1.43. The van der Waals surface area contributed by atoms with E-state index in [1.54, 1.807) is 0 Å². The van der Waals surface area contributed by atoms with Crippen molar-refractivity contribution in [2.45, 2.75) is 51.5 Å². The number of hydrogen-bond acceptors (Lipinski definition) is 1. The molecule has 0 aliphatic carbocycles. The van der Waals surface area contributed by atoms with Crippen LogP contribution in [0.5, 0.6) is 0 Å². The van der Waals surface area contributed by atoms with Crippen LogP contribution in [0, 0.1) is 0 Å². The van der Waals surface area contributed by atoms with Crippen molar-refractivity contribution >= 4 is 14.9 Å². The Labute approximate surface area is 78.9 Å². The highest BCUT2D eigenvalue weighted by Gasteiger charge is 2.04. The Balaban J connectivity index is 3.26. The lowest BCUT2D eigenvalue weighted by Crippen LogP contribution is -2.10. The number of hydrogen-bond donors (Lipinski definition) is 0. The van der Waals surface area contributed by atoms with E-state index in [4.69, 9.17) is 4.74 Å². The fraction of sp³-hybridized carbons (Fsp3) is 1.00. The molecule has 0 saturated carbocycles. The SMILES string of the molecule is BBCCCC(CCCC)OC. The summed E-state index contributed by atoms with van der Waals surface area (Å²) in [5.74, 6) is 0. The largest absolute Gasteiger partial charge is 0.381 e. The van der Waals surface area contributed by atoms with Crippen molar-refractivity contribution in [2.75, 3.05) is 7.11 Å². The van der Waals surface area contributed by atoms with Crippen LogP contribution in [0.3, 0.4) is 0 Å². The Morgan fingerprint density at radius 3 is 2.50 bits per heavy atom. The third kappa shape index (κ3) is 6.78. The Hall–Kier alpha value is 0.0899. The van der Waals surface area contributed by atoms with E-state index in [1.165, 1.54) is 45.6 Å². The summed E-state index contributed by atoms with van der Waals surface area (Å²) in [6.07, 6.45) is 8.31. The van der Waals surface area contributed by atoms with Crippen molar-refractivity contribution in [3.05, 3.63) is 0 Å². The van der Waals surface area contributed by atoms with Gasteiger partial charge in [0.2, 0.25) is 0 Å². The van der Waals surface area contributed by atoms with Crippen molar-refractivity contribution in [3.63, 3.8) is 0 Å². The molecular formula is C9H22B2O. The van der Waals surface area contributed by atoms with E-state index >= 15 is 0 Å². The van der Waals surface area contributed by atoms with Gasteiger partial charge in [0.05, 0.1) is 21.0 Å². The Morgan fingerprint density at radius 1 is 1.33 bits per heavy atom. The maximum absolute atomic E-state index is 5.40. The van der Waals surface area contributed by atoms with Crippen LogP contribution in [-0.2, 0) is 4.74 Å². The highest BCUT2D eigenvalue weighted by Crippen LogP contribution is 2.11. The van der Waals surface area contributed by atoms with Gasteiger partial charge in [0, 0.05) is 7.11 Å². The van der Waals surface area contributed by atoms with Gasteiger partial charge in [-0.2, -0.15) is 0 Å². The number of methoxy groups -OCH3 is 1. The third-order valence-corrected chi connectivity index (χ3v) is 2.34.